The van der Waals surface area contributed by atoms with Gasteiger partial charge in [-0.25, -0.2) is 4.79 Å². The predicted octanol–water partition coefficient (Wildman–Crippen LogP) is -0.747. The summed E-state index contributed by atoms with van der Waals surface area (Å²) in [6.07, 6.45) is -5.76. The largest absolute Gasteiger partial charge is 0.458 e. The zero-order chi connectivity index (χ0) is 35.0. The van der Waals surface area contributed by atoms with Gasteiger partial charge in [-0.3, -0.25) is 0 Å². The molecule has 0 radical (unpaired) electrons. The third-order valence-electron chi connectivity index (χ3n) is 14.2. The first-order valence-electron chi connectivity index (χ1n) is 18.1. The minimum Gasteiger partial charge on any atom is -0.458 e. The average molecular weight is 699 g/mol. The average Bonchev–Trinajstić information content (AvgIpc) is 3.64. The van der Waals surface area contributed by atoms with E-state index in [4.69, 9.17) is 23.7 Å². The first-order chi connectivity index (χ1) is 23.3. The van der Waals surface area contributed by atoms with Crippen LogP contribution in [0.3, 0.4) is 0 Å². The number of carbonyl (C=O) groups is 1. The maximum Gasteiger partial charge on any atom is 0.331 e. The number of ether oxygens (including phenoxy) is 5. The van der Waals surface area contributed by atoms with Crippen LogP contribution in [0.1, 0.15) is 71.6 Å². The van der Waals surface area contributed by atoms with Gasteiger partial charge in [0.2, 0.25) is 0 Å². The van der Waals surface area contributed by atoms with Gasteiger partial charge in [0.25, 0.3) is 0 Å². The van der Waals surface area contributed by atoms with Crippen molar-refractivity contribution in [3.05, 3.63) is 11.6 Å². The fourth-order valence-corrected chi connectivity index (χ4v) is 11.4. The van der Waals surface area contributed by atoms with E-state index in [0.29, 0.717) is 32.3 Å². The summed E-state index contributed by atoms with van der Waals surface area (Å²) < 4.78 is 28.7. The van der Waals surface area contributed by atoms with Crippen LogP contribution in [0.25, 0.3) is 0 Å². The lowest BCUT2D eigenvalue weighted by molar-refractivity contribution is -0.360. The molecule has 14 nitrogen and oxygen atoms in total. The molecule has 0 spiro atoms. The molecule has 0 aromatic heterocycles. The highest BCUT2D eigenvalue weighted by molar-refractivity contribution is 5.85. The molecule has 7 aliphatic rings. The minimum atomic E-state index is -1.67. The van der Waals surface area contributed by atoms with Crippen LogP contribution in [-0.2, 0) is 28.5 Å². The number of rotatable bonds is 7. The van der Waals surface area contributed by atoms with Gasteiger partial charge in [0.05, 0.1) is 24.4 Å². The van der Waals surface area contributed by atoms with Gasteiger partial charge >= 0.3 is 5.97 Å². The van der Waals surface area contributed by atoms with E-state index >= 15 is 0 Å². The van der Waals surface area contributed by atoms with Crippen LogP contribution in [-0.4, -0.2) is 140 Å². The standard InChI is InChI=1S/C35H54O14/c1-16-30(49-32-28(42)26(40)25(39)23(13-36)48-32)27(41)29(43)31(46-16)47-19-5-9-34(15-37)18(12-19)3-4-22-21(34)6-8-33(2)20(7-10-35(22,33)44)17-11-24(38)45-14-17/h11,16,18-23,25-32,36-37,39-44H,3-10,12-15H2,1-2H3/t16?,18?,19?,20?,21?,22?,23?,25?,26?,27?,28?,29?,30?,31?,32?,33-,34-,35?/m1/s1. The van der Waals surface area contributed by atoms with Crippen molar-refractivity contribution in [2.24, 2.45) is 34.5 Å². The minimum absolute atomic E-state index is 0.0184. The molecule has 14 heteroatoms. The molecule has 0 amide bonds. The van der Waals surface area contributed by atoms with Crippen molar-refractivity contribution < 1.29 is 69.3 Å². The molecule has 0 aromatic rings. The van der Waals surface area contributed by atoms with Crippen molar-refractivity contribution in [2.75, 3.05) is 19.8 Å². The first kappa shape index (κ1) is 36.1. The molecule has 6 fully saturated rings. The molecule has 4 saturated carbocycles. The highest BCUT2D eigenvalue weighted by Crippen LogP contribution is 2.70. The van der Waals surface area contributed by atoms with E-state index < -0.39 is 73.6 Å². The van der Waals surface area contributed by atoms with E-state index in [1.165, 1.54) is 0 Å². The molecule has 4 aliphatic carbocycles. The first-order valence-corrected chi connectivity index (χ1v) is 18.1. The van der Waals surface area contributed by atoms with Crippen molar-refractivity contribution in [1.29, 1.82) is 0 Å². The van der Waals surface area contributed by atoms with Gasteiger partial charge in [-0.1, -0.05) is 6.92 Å². The number of hydrogen-bond donors (Lipinski definition) is 8. The number of carbonyl (C=O) groups excluding carboxylic acids is 1. The molecule has 0 aromatic carbocycles. The van der Waals surface area contributed by atoms with E-state index in [1.54, 1.807) is 13.0 Å². The number of hydrogen-bond acceptors (Lipinski definition) is 14. The van der Waals surface area contributed by atoms with Crippen LogP contribution in [0.4, 0.5) is 0 Å². The summed E-state index contributed by atoms with van der Waals surface area (Å²) in [6.45, 7) is 3.47. The summed E-state index contributed by atoms with van der Waals surface area (Å²) in [5.41, 5.74) is -0.641. The van der Waals surface area contributed by atoms with Gasteiger partial charge in [0, 0.05) is 18.1 Å². The fourth-order valence-electron chi connectivity index (χ4n) is 11.4. The van der Waals surface area contributed by atoms with Gasteiger partial charge in [0.15, 0.2) is 12.6 Å². The van der Waals surface area contributed by atoms with Gasteiger partial charge < -0.3 is 64.5 Å². The van der Waals surface area contributed by atoms with Gasteiger partial charge in [0.1, 0.15) is 49.3 Å². The van der Waals surface area contributed by atoms with E-state index in [9.17, 15) is 45.6 Å². The lowest BCUT2D eigenvalue weighted by atomic mass is 9.43. The molecule has 16 unspecified atom stereocenters. The fraction of sp³-hybridized carbons (Fsp3) is 0.914. The van der Waals surface area contributed by atoms with Crippen LogP contribution < -0.4 is 0 Å². The van der Waals surface area contributed by atoms with Crippen LogP contribution >= 0.6 is 0 Å². The van der Waals surface area contributed by atoms with Crippen LogP contribution in [0.2, 0.25) is 0 Å². The Morgan fingerprint density at radius 2 is 1.57 bits per heavy atom. The third kappa shape index (κ3) is 5.64. The lowest BCUT2D eigenvalue weighted by Crippen LogP contribution is -2.64. The SMILES string of the molecule is CC1OC(OC2CC[C@@]3(CO)C(CCC4C3CC[C@]3(C)C(C5=CC(=O)OC5)CCC43O)C2)C(O)C(O)C1OC1OC(CO)C(O)C(O)C1O. The molecular formula is C35H54O14. The quantitative estimate of drug-likeness (QED) is 0.121. The van der Waals surface area contributed by atoms with Crippen molar-refractivity contribution in [3.63, 3.8) is 0 Å². The highest BCUT2D eigenvalue weighted by atomic mass is 16.7. The predicted molar refractivity (Wildman–Crippen MR) is 167 cm³/mol. The Bertz CT molecular complexity index is 1260. The zero-order valence-corrected chi connectivity index (χ0v) is 28.3. The second-order valence-corrected chi connectivity index (χ2v) is 16.2. The summed E-state index contributed by atoms with van der Waals surface area (Å²) in [4.78, 5) is 11.9. The molecule has 8 N–H and O–H groups in total. The van der Waals surface area contributed by atoms with E-state index in [1.807, 2.05) is 0 Å². The van der Waals surface area contributed by atoms with Crippen LogP contribution in [0.15, 0.2) is 11.6 Å². The lowest BCUT2D eigenvalue weighted by Gasteiger charge is -2.64. The number of aliphatic hydroxyl groups is 8. The van der Waals surface area contributed by atoms with Crippen molar-refractivity contribution in [3.8, 4) is 0 Å². The summed E-state index contributed by atoms with van der Waals surface area (Å²) in [7, 11) is 0. The maximum absolute atomic E-state index is 12.5. The highest BCUT2D eigenvalue weighted by Gasteiger charge is 2.68. The number of fused-ring (bicyclic) bond motifs is 5. The molecule has 3 heterocycles. The number of cyclic esters (lactones) is 1. The smallest absolute Gasteiger partial charge is 0.331 e. The van der Waals surface area contributed by atoms with Crippen molar-refractivity contribution in [2.45, 2.75) is 145 Å². The maximum atomic E-state index is 12.5. The van der Waals surface area contributed by atoms with Crippen LogP contribution in [0.5, 0.6) is 0 Å². The number of aliphatic hydroxyl groups excluding tert-OH is 7. The Labute approximate surface area is 285 Å². The molecular weight excluding hydrogens is 644 g/mol. The molecule has 18 atom stereocenters. The molecule has 2 saturated heterocycles. The van der Waals surface area contributed by atoms with E-state index in [2.05, 4.69) is 6.92 Å². The Morgan fingerprint density at radius 1 is 0.837 bits per heavy atom. The Kier molecular flexibility index (Phi) is 9.80. The monoisotopic (exact) mass is 698 g/mol. The third-order valence-corrected chi connectivity index (χ3v) is 14.2. The Hall–Kier alpha value is -1.27. The van der Waals surface area contributed by atoms with Gasteiger partial charge in [-0.2, -0.15) is 0 Å². The Morgan fingerprint density at radius 3 is 2.27 bits per heavy atom. The second-order valence-electron chi connectivity index (χ2n) is 16.2. The van der Waals surface area contributed by atoms with Gasteiger partial charge in [-0.05, 0) is 99.4 Å². The summed E-state index contributed by atoms with van der Waals surface area (Å²) in [5, 5.41) is 85.8. The molecule has 7 rings (SSSR count). The van der Waals surface area contributed by atoms with E-state index in [-0.39, 0.29) is 53.2 Å². The zero-order valence-electron chi connectivity index (χ0n) is 28.3. The van der Waals surface area contributed by atoms with Gasteiger partial charge in [-0.15, -0.1) is 0 Å². The molecule has 3 aliphatic heterocycles. The molecule has 0 bridgehead atoms. The van der Waals surface area contributed by atoms with Crippen molar-refractivity contribution in [1.82, 2.24) is 0 Å². The molecule has 49 heavy (non-hydrogen) atoms. The summed E-state index contributed by atoms with van der Waals surface area (Å²) >= 11 is 0. The summed E-state index contributed by atoms with van der Waals surface area (Å²) in [6, 6.07) is 0. The Balaban J connectivity index is 0.995. The normalized spacial score (nSPS) is 54.4. The second kappa shape index (κ2) is 13.3. The van der Waals surface area contributed by atoms with E-state index in [0.717, 1.165) is 37.7 Å². The molecule has 278 valence electrons. The topological polar surface area (TPSA) is 225 Å². The van der Waals surface area contributed by atoms with Crippen LogP contribution in [0, 0.1) is 34.5 Å². The number of esters is 1. The van der Waals surface area contributed by atoms with Crippen molar-refractivity contribution >= 4 is 5.97 Å². The summed E-state index contributed by atoms with van der Waals surface area (Å²) in [5.74, 6) is 0.104.